The average molecular weight is 221 g/mol. The van der Waals surface area contributed by atoms with Crippen LogP contribution in [-0.2, 0) is 6.42 Å². The Kier molecular flexibility index (Phi) is 5.43. The van der Waals surface area contributed by atoms with Crippen LogP contribution in [-0.4, -0.2) is 24.6 Å². The third-order valence-corrected chi connectivity index (χ3v) is 2.82. The average Bonchev–Trinajstić information content (AvgIpc) is 2.30. The molecule has 0 saturated carbocycles. The maximum Gasteiger partial charge on any atom is 0.0416 e. The molecule has 1 aromatic heterocycles. The highest BCUT2D eigenvalue weighted by Gasteiger charge is 2.13. The Balaban J connectivity index is 2.09. The molecule has 3 N–H and O–H groups in total. The summed E-state index contributed by atoms with van der Waals surface area (Å²) in [7, 11) is 0. The van der Waals surface area contributed by atoms with E-state index in [-0.39, 0.29) is 5.41 Å². The molecule has 0 aliphatic carbocycles. The second-order valence-corrected chi connectivity index (χ2v) is 4.94. The zero-order valence-electron chi connectivity index (χ0n) is 10.4. The van der Waals surface area contributed by atoms with Crippen LogP contribution in [0.2, 0.25) is 0 Å². The molecule has 0 amide bonds. The van der Waals surface area contributed by atoms with Gasteiger partial charge in [-0.15, -0.1) is 0 Å². The minimum absolute atomic E-state index is 0.248. The molecular formula is C13H23N3. The van der Waals surface area contributed by atoms with Gasteiger partial charge in [0, 0.05) is 24.9 Å². The van der Waals surface area contributed by atoms with Gasteiger partial charge in [-0.05, 0) is 37.1 Å². The van der Waals surface area contributed by atoms with Crippen LogP contribution in [0.4, 0.5) is 0 Å². The molecular weight excluding hydrogens is 198 g/mol. The van der Waals surface area contributed by atoms with Crippen LogP contribution in [0.25, 0.3) is 0 Å². The van der Waals surface area contributed by atoms with Gasteiger partial charge in [0.1, 0.15) is 0 Å². The monoisotopic (exact) mass is 221 g/mol. The summed E-state index contributed by atoms with van der Waals surface area (Å²) < 4.78 is 0. The first-order valence-corrected chi connectivity index (χ1v) is 5.95. The molecule has 0 aromatic carbocycles. The quantitative estimate of drug-likeness (QED) is 0.687. The molecule has 0 radical (unpaired) electrons. The molecule has 0 unspecified atom stereocenters. The number of aromatic nitrogens is 1. The van der Waals surface area contributed by atoms with Gasteiger partial charge in [0.25, 0.3) is 0 Å². The highest BCUT2D eigenvalue weighted by Crippen LogP contribution is 2.16. The van der Waals surface area contributed by atoms with Crippen molar-refractivity contribution in [3.8, 4) is 0 Å². The van der Waals surface area contributed by atoms with Crippen molar-refractivity contribution in [3.63, 3.8) is 0 Å². The van der Waals surface area contributed by atoms with Gasteiger partial charge in [-0.3, -0.25) is 4.98 Å². The van der Waals surface area contributed by atoms with Crippen LogP contribution in [0.3, 0.4) is 0 Å². The molecule has 16 heavy (non-hydrogen) atoms. The standard InChI is InChI=1S/C13H23N3/c1-13(2,11-14)7-10-15-9-6-12-5-3-4-8-16-12/h3-5,8,15H,6-7,9-11,14H2,1-2H3. The number of nitrogens with one attached hydrogen (secondary N) is 1. The molecule has 0 spiro atoms. The Morgan fingerprint density at radius 1 is 1.31 bits per heavy atom. The molecule has 90 valence electrons. The third kappa shape index (κ3) is 5.24. The van der Waals surface area contributed by atoms with Crippen LogP contribution < -0.4 is 11.1 Å². The van der Waals surface area contributed by atoms with Crippen LogP contribution in [0.1, 0.15) is 26.0 Å². The van der Waals surface area contributed by atoms with E-state index in [0.29, 0.717) is 0 Å². The van der Waals surface area contributed by atoms with Crippen molar-refractivity contribution in [1.82, 2.24) is 10.3 Å². The molecule has 3 nitrogen and oxygen atoms in total. The fourth-order valence-corrected chi connectivity index (χ4v) is 1.42. The van der Waals surface area contributed by atoms with Crippen LogP contribution in [0.15, 0.2) is 24.4 Å². The fraction of sp³-hybridized carbons (Fsp3) is 0.615. The summed E-state index contributed by atoms with van der Waals surface area (Å²) in [6.07, 6.45) is 3.95. The Morgan fingerprint density at radius 2 is 2.12 bits per heavy atom. The summed E-state index contributed by atoms with van der Waals surface area (Å²) >= 11 is 0. The van der Waals surface area contributed by atoms with Gasteiger partial charge in [0.2, 0.25) is 0 Å². The Labute approximate surface area is 98.5 Å². The molecule has 0 atom stereocenters. The first-order valence-electron chi connectivity index (χ1n) is 5.95. The van der Waals surface area contributed by atoms with Crippen molar-refractivity contribution in [3.05, 3.63) is 30.1 Å². The molecule has 0 bridgehead atoms. The maximum atomic E-state index is 5.67. The number of nitrogens with zero attached hydrogens (tertiary/aromatic N) is 1. The van der Waals surface area contributed by atoms with E-state index in [1.165, 1.54) is 0 Å². The van der Waals surface area contributed by atoms with Crippen molar-refractivity contribution >= 4 is 0 Å². The first-order chi connectivity index (χ1) is 7.64. The van der Waals surface area contributed by atoms with Crippen molar-refractivity contribution in [1.29, 1.82) is 0 Å². The van der Waals surface area contributed by atoms with Gasteiger partial charge in [-0.25, -0.2) is 0 Å². The van der Waals surface area contributed by atoms with Gasteiger partial charge in [0.15, 0.2) is 0 Å². The molecule has 3 heteroatoms. The lowest BCUT2D eigenvalue weighted by molar-refractivity contribution is 0.340. The van der Waals surface area contributed by atoms with E-state index in [0.717, 1.165) is 38.2 Å². The Hall–Kier alpha value is -0.930. The van der Waals surface area contributed by atoms with E-state index in [2.05, 4.69) is 30.2 Å². The Bertz CT molecular complexity index is 282. The van der Waals surface area contributed by atoms with E-state index in [4.69, 9.17) is 5.73 Å². The van der Waals surface area contributed by atoms with Gasteiger partial charge in [-0.1, -0.05) is 19.9 Å². The molecule has 1 rings (SSSR count). The number of hydrogen-bond donors (Lipinski definition) is 2. The van der Waals surface area contributed by atoms with Crippen LogP contribution in [0.5, 0.6) is 0 Å². The van der Waals surface area contributed by atoms with E-state index in [1.807, 2.05) is 18.3 Å². The minimum atomic E-state index is 0.248. The summed E-state index contributed by atoms with van der Waals surface area (Å²) in [5.41, 5.74) is 7.07. The van der Waals surface area contributed by atoms with Crippen molar-refractivity contribution in [2.75, 3.05) is 19.6 Å². The highest BCUT2D eigenvalue weighted by atomic mass is 14.9. The Morgan fingerprint density at radius 3 is 2.75 bits per heavy atom. The van der Waals surface area contributed by atoms with E-state index in [9.17, 15) is 0 Å². The second kappa shape index (κ2) is 6.61. The first kappa shape index (κ1) is 13.1. The predicted octanol–water partition coefficient (Wildman–Crippen LogP) is 1.59. The SMILES string of the molecule is CC(C)(CN)CCNCCc1ccccn1. The number of hydrogen-bond acceptors (Lipinski definition) is 3. The normalized spacial score (nSPS) is 11.7. The topological polar surface area (TPSA) is 50.9 Å². The van der Waals surface area contributed by atoms with E-state index >= 15 is 0 Å². The predicted molar refractivity (Wildman–Crippen MR) is 68.3 cm³/mol. The molecule has 1 heterocycles. The molecule has 0 aliphatic rings. The largest absolute Gasteiger partial charge is 0.330 e. The lowest BCUT2D eigenvalue weighted by atomic mass is 9.90. The molecule has 0 fully saturated rings. The second-order valence-electron chi connectivity index (χ2n) is 4.94. The van der Waals surface area contributed by atoms with E-state index < -0.39 is 0 Å². The zero-order valence-corrected chi connectivity index (χ0v) is 10.4. The van der Waals surface area contributed by atoms with Crippen LogP contribution in [0, 0.1) is 5.41 Å². The lowest BCUT2D eigenvalue weighted by Crippen LogP contribution is -2.29. The molecule has 0 aliphatic heterocycles. The van der Waals surface area contributed by atoms with Gasteiger partial charge >= 0.3 is 0 Å². The summed E-state index contributed by atoms with van der Waals surface area (Å²) in [6.45, 7) is 7.16. The number of nitrogens with two attached hydrogens (primary N) is 1. The van der Waals surface area contributed by atoms with Gasteiger partial charge in [0.05, 0.1) is 0 Å². The van der Waals surface area contributed by atoms with Crippen LogP contribution >= 0.6 is 0 Å². The minimum Gasteiger partial charge on any atom is -0.330 e. The van der Waals surface area contributed by atoms with Gasteiger partial charge in [-0.2, -0.15) is 0 Å². The van der Waals surface area contributed by atoms with Gasteiger partial charge < -0.3 is 11.1 Å². The summed E-state index contributed by atoms with van der Waals surface area (Å²) in [6, 6.07) is 6.03. The fourth-order valence-electron chi connectivity index (χ4n) is 1.42. The highest BCUT2D eigenvalue weighted by molar-refractivity contribution is 5.03. The summed E-state index contributed by atoms with van der Waals surface area (Å²) in [5.74, 6) is 0. The smallest absolute Gasteiger partial charge is 0.0416 e. The summed E-state index contributed by atoms with van der Waals surface area (Å²) in [4.78, 5) is 4.28. The molecule has 1 aromatic rings. The maximum absolute atomic E-state index is 5.67. The zero-order chi connectivity index (χ0) is 11.9. The van der Waals surface area contributed by atoms with Crippen molar-refractivity contribution < 1.29 is 0 Å². The lowest BCUT2D eigenvalue weighted by Gasteiger charge is -2.22. The van der Waals surface area contributed by atoms with Crippen molar-refractivity contribution in [2.24, 2.45) is 11.1 Å². The number of pyridine rings is 1. The summed E-state index contributed by atoms with van der Waals surface area (Å²) in [5, 5.41) is 3.43. The number of rotatable bonds is 7. The van der Waals surface area contributed by atoms with Crippen molar-refractivity contribution in [2.45, 2.75) is 26.7 Å². The van der Waals surface area contributed by atoms with E-state index in [1.54, 1.807) is 0 Å². The third-order valence-electron chi connectivity index (χ3n) is 2.82. The molecule has 0 saturated heterocycles.